The Kier molecular flexibility index (Phi) is 6.69. The molecule has 0 aliphatic heterocycles. The Morgan fingerprint density at radius 1 is 0.828 bits per heavy atom. The van der Waals surface area contributed by atoms with Crippen molar-refractivity contribution in [3.8, 4) is 11.5 Å². The summed E-state index contributed by atoms with van der Waals surface area (Å²) in [5.74, 6) is 1.54. The van der Waals surface area contributed by atoms with E-state index in [1.807, 2.05) is 92.0 Å². The Morgan fingerprint density at radius 2 is 1.38 bits per heavy atom. The van der Waals surface area contributed by atoms with Gasteiger partial charge in [-0.1, -0.05) is 54.6 Å². The molecule has 0 unspecified atom stereocenters. The highest BCUT2D eigenvalue weighted by Gasteiger charge is 2.17. The van der Waals surface area contributed by atoms with Crippen LogP contribution in [0.5, 0.6) is 11.5 Å². The molecule has 3 rings (SSSR count). The van der Waals surface area contributed by atoms with Gasteiger partial charge in [0.05, 0.1) is 14.2 Å². The first-order valence-electron chi connectivity index (χ1n) is 9.40. The van der Waals surface area contributed by atoms with Gasteiger partial charge in [0.25, 0.3) is 5.91 Å². The molecule has 0 N–H and O–H groups in total. The van der Waals surface area contributed by atoms with Crippen molar-refractivity contribution in [1.82, 2.24) is 4.90 Å². The highest BCUT2D eigenvalue weighted by Crippen LogP contribution is 2.23. The molecule has 0 spiro atoms. The van der Waals surface area contributed by atoms with E-state index in [-0.39, 0.29) is 5.91 Å². The summed E-state index contributed by atoms with van der Waals surface area (Å²) in [5.41, 5.74) is 3.51. The van der Waals surface area contributed by atoms with E-state index in [9.17, 15) is 4.79 Å². The fraction of sp³-hybridized carbons (Fsp3) is 0.160. The van der Waals surface area contributed by atoms with Crippen LogP contribution in [0.2, 0.25) is 0 Å². The third-order valence-electron chi connectivity index (χ3n) is 4.67. The van der Waals surface area contributed by atoms with Crippen molar-refractivity contribution in [3.05, 3.63) is 95.6 Å². The van der Waals surface area contributed by atoms with Crippen LogP contribution in [0.3, 0.4) is 0 Å². The zero-order valence-corrected chi connectivity index (χ0v) is 17.0. The lowest BCUT2D eigenvalue weighted by atomic mass is 10.0. The van der Waals surface area contributed by atoms with E-state index < -0.39 is 0 Å². The van der Waals surface area contributed by atoms with Crippen LogP contribution in [-0.4, -0.2) is 32.1 Å². The van der Waals surface area contributed by atoms with Gasteiger partial charge in [0.15, 0.2) is 0 Å². The van der Waals surface area contributed by atoms with Gasteiger partial charge in [-0.2, -0.15) is 0 Å². The number of ether oxygens (including phenoxy) is 2. The molecule has 0 aromatic heterocycles. The Labute approximate surface area is 172 Å². The second kappa shape index (κ2) is 9.60. The van der Waals surface area contributed by atoms with Crippen molar-refractivity contribution in [2.24, 2.45) is 0 Å². The maximum Gasteiger partial charge on any atom is 0.254 e. The van der Waals surface area contributed by atoms with Crippen LogP contribution in [-0.2, 0) is 11.3 Å². The summed E-state index contributed by atoms with van der Waals surface area (Å²) >= 11 is 0. The number of methoxy groups -OCH3 is 2. The molecule has 1 amide bonds. The molecule has 0 bridgehead atoms. The van der Waals surface area contributed by atoms with Crippen molar-refractivity contribution >= 4 is 17.6 Å². The van der Waals surface area contributed by atoms with E-state index in [1.165, 1.54) is 0 Å². The standard InChI is InChI=1S/C25H25NO3/c1-26(18-20-11-15-23(29-3)16-12-20)25(27)24(21-7-5-4-6-8-21)17-19-9-13-22(28-2)14-10-19/h4-17H,18H2,1-3H3/b24-17+. The summed E-state index contributed by atoms with van der Waals surface area (Å²) in [7, 11) is 5.09. The van der Waals surface area contributed by atoms with Gasteiger partial charge < -0.3 is 14.4 Å². The van der Waals surface area contributed by atoms with Gasteiger partial charge in [0, 0.05) is 19.2 Å². The van der Waals surface area contributed by atoms with E-state index in [1.54, 1.807) is 19.1 Å². The molecular weight excluding hydrogens is 362 g/mol. The molecule has 0 atom stereocenters. The van der Waals surface area contributed by atoms with E-state index >= 15 is 0 Å². The molecule has 0 radical (unpaired) electrons. The minimum absolute atomic E-state index is 0.0390. The second-order valence-corrected chi connectivity index (χ2v) is 6.71. The van der Waals surface area contributed by atoms with Crippen LogP contribution in [0.25, 0.3) is 11.6 Å². The largest absolute Gasteiger partial charge is 0.497 e. The first-order chi connectivity index (χ1) is 14.1. The molecular formula is C25H25NO3. The number of benzene rings is 3. The normalized spacial score (nSPS) is 11.1. The molecule has 4 nitrogen and oxygen atoms in total. The van der Waals surface area contributed by atoms with Crippen LogP contribution in [0, 0.1) is 0 Å². The minimum Gasteiger partial charge on any atom is -0.497 e. The molecule has 3 aromatic carbocycles. The average molecular weight is 387 g/mol. The van der Waals surface area contributed by atoms with E-state index in [0.29, 0.717) is 12.1 Å². The van der Waals surface area contributed by atoms with Gasteiger partial charge >= 0.3 is 0 Å². The number of likely N-dealkylation sites (N-methyl/N-ethyl adjacent to an activating group) is 1. The van der Waals surface area contributed by atoms with Crippen molar-refractivity contribution in [3.63, 3.8) is 0 Å². The summed E-state index contributed by atoms with van der Waals surface area (Å²) in [6.45, 7) is 0.510. The fourth-order valence-corrected chi connectivity index (χ4v) is 3.04. The van der Waals surface area contributed by atoms with Gasteiger partial charge in [-0.25, -0.2) is 0 Å². The van der Waals surface area contributed by atoms with Crippen LogP contribution >= 0.6 is 0 Å². The first kappa shape index (κ1) is 20.2. The number of hydrogen-bond acceptors (Lipinski definition) is 3. The number of carbonyl (C=O) groups excluding carboxylic acids is 1. The zero-order chi connectivity index (χ0) is 20.6. The molecule has 0 aliphatic carbocycles. The van der Waals surface area contributed by atoms with E-state index in [0.717, 1.165) is 28.2 Å². The van der Waals surface area contributed by atoms with E-state index in [4.69, 9.17) is 9.47 Å². The van der Waals surface area contributed by atoms with Crippen molar-refractivity contribution < 1.29 is 14.3 Å². The summed E-state index contributed by atoms with van der Waals surface area (Å²) in [6, 6.07) is 25.1. The Bertz CT molecular complexity index is 961. The second-order valence-electron chi connectivity index (χ2n) is 6.71. The lowest BCUT2D eigenvalue weighted by molar-refractivity contribution is -0.124. The SMILES string of the molecule is COc1ccc(/C=C(/C(=O)N(C)Cc2ccc(OC)cc2)c2ccccc2)cc1. The first-order valence-corrected chi connectivity index (χ1v) is 9.40. The number of carbonyl (C=O) groups is 1. The third kappa shape index (κ3) is 5.26. The summed E-state index contributed by atoms with van der Waals surface area (Å²) in [5, 5.41) is 0. The molecule has 0 saturated carbocycles. The lowest BCUT2D eigenvalue weighted by Gasteiger charge is -2.20. The maximum absolute atomic E-state index is 13.3. The summed E-state index contributed by atoms with van der Waals surface area (Å²) in [6.07, 6.45) is 1.92. The highest BCUT2D eigenvalue weighted by atomic mass is 16.5. The summed E-state index contributed by atoms with van der Waals surface area (Å²) in [4.78, 5) is 15.0. The predicted molar refractivity (Wildman–Crippen MR) is 117 cm³/mol. The molecule has 0 heterocycles. The summed E-state index contributed by atoms with van der Waals surface area (Å²) < 4.78 is 10.4. The molecule has 0 aliphatic rings. The van der Waals surface area contributed by atoms with Crippen LogP contribution in [0.15, 0.2) is 78.9 Å². The minimum atomic E-state index is -0.0390. The van der Waals surface area contributed by atoms with Gasteiger partial charge in [-0.05, 0) is 47.0 Å². The van der Waals surface area contributed by atoms with E-state index in [2.05, 4.69) is 0 Å². The zero-order valence-electron chi connectivity index (χ0n) is 17.0. The topological polar surface area (TPSA) is 38.8 Å². The predicted octanol–water partition coefficient (Wildman–Crippen LogP) is 4.90. The number of hydrogen-bond donors (Lipinski definition) is 0. The fourth-order valence-electron chi connectivity index (χ4n) is 3.04. The third-order valence-corrected chi connectivity index (χ3v) is 4.67. The number of amides is 1. The van der Waals surface area contributed by atoms with Crippen LogP contribution in [0.4, 0.5) is 0 Å². The molecule has 3 aromatic rings. The molecule has 29 heavy (non-hydrogen) atoms. The van der Waals surface area contributed by atoms with Crippen LogP contribution < -0.4 is 9.47 Å². The Balaban J connectivity index is 1.87. The Morgan fingerprint density at radius 3 is 1.93 bits per heavy atom. The van der Waals surface area contributed by atoms with Crippen LogP contribution in [0.1, 0.15) is 16.7 Å². The molecule has 0 saturated heterocycles. The average Bonchev–Trinajstić information content (AvgIpc) is 2.78. The van der Waals surface area contributed by atoms with Crippen molar-refractivity contribution in [2.75, 3.05) is 21.3 Å². The molecule has 4 heteroatoms. The highest BCUT2D eigenvalue weighted by molar-refractivity contribution is 6.24. The van der Waals surface area contributed by atoms with Crippen molar-refractivity contribution in [2.45, 2.75) is 6.54 Å². The molecule has 148 valence electrons. The van der Waals surface area contributed by atoms with Gasteiger partial charge in [0.2, 0.25) is 0 Å². The van der Waals surface area contributed by atoms with Gasteiger partial charge in [0.1, 0.15) is 11.5 Å². The monoisotopic (exact) mass is 387 g/mol. The quantitative estimate of drug-likeness (QED) is 0.427. The van der Waals surface area contributed by atoms with Gasteiger partial charge in [-0.15, -0.1) is 0 Å². The number of nitrogens with zero attached hydrogens (tertiary/aromatic N) is 1. The smallest absolute Gasteiger partial charge is 0.254 e. The Hall–Kier alpha value is -3.53. The number of rotatable bonds is 7. The van der Waals surface area contributed by atoms with Gasteiger partial charge in [-0.3, -0.25) is 4.79 Å². The molecule has 0 fully saturated rings. The maximum atomic E-state index is 13.3. The lowest BCUT2D eigenvalue weighted by Crippen LogP contribution is -2.27. The van der Waals surface area contributed by atoms with Crippen molar-refractivity contribution in [1.29, 1.82) is 0 Å².